The van der Waals surface area contributed by atoms with Crippen LogP contribution < -0.4 is 4.74 Å². The quantitative estimate of drug-likeness (QED) is 0.506. The van der Waals surface area contributed by atoms with Gasteiger partial charge < -0.3 is 18.9 Å². The highest BCUT2D eigenvalue weighted by Crippen LogP contribution is 2.28. The Balaban J connectivity index is 1.43. The van der Waals surface area contributed by atoms with Gasteiger partial charge in [0, 0.05) is 6.42 Å². The van der Waals surface area contributed by atoms with Gasteiger partial charge in [0.2, 0.25) is 6.29 Å². The summed E-state index contributed by atoms with van der Waals surface area (Å²) in [4.78, 5) is 0. The minimum absolute atomic E-state index is 0.133. The van der Waals surface area contributed by atoms with Crippen LogP contribution in [0.2, 0.25) is 0 Å². The van der Waals surface area contributed by atoms with E-state index >= 15 is 0 Å². The lowest BCUT2D eigenvalue weighted by Gasteiger charge is -2.40. The van der Waals surface area contributed by atoms with Crippen LogP contribution in [-0.2, 0) is 27.4 Å². The highest BCUT2D eigenvalue weighted by Gasteiger charge is 2.39. The number of rotatable bonds is 8. The van der Waals surface area contributed by atoms with Gasteiger partial charge in [-0.25, -0.2) is 0 Å². The molecule has 1 heterocycles. The first-order valence-corrected chi connectivity index (χ1v) is 10.5. The van der Waals surface area contributed by atoms with Crippen molar-refractivity contribution in [3.63, 3.8) is 0 Å². The van der Waals surface area contributed by atoms with Crippen molar-refractivity contribution in [2.75, 3.05) is 0 Å². The molecule has 0 aromatic heterocycles. The van der Waals surface area contributed by atoms with Gasteiger partial charge in [-0.1, -0.05) is 78.9 Å². The molecule has 156 valence electrons. The zero-order valence-electron chi connectivity index (χ0n) is 17.2. The van der Waals surface area contributed by atoms with Crippen LogP contribution in [0.25, 0.3) is 0 Å². The minimum Gasteiger partial charge on any atom is -0.465 e. The van der Waals surface area contributed by atoms with Crippen molar-refractivity contribution in [2.45, 2.75) is 51.2 Å². The third kappa shape index (κ3) is 5.70. The molecule has 2 unspecified atom stereocenters. The second kappa shape index (κ2) is 10.4. The average Bonchev–Trinajstić information content (AvgIpc) is 2.79. The maximum absolute atomic E-state index is 6.32. The van der Waals surface area contributed by atoms with Crippen LogP contribution in [0, 0.1) is 0 Å². The first kappa shape index (κ1) is 20.6. The van der Waals surface area contributed by atoms with Gasteiger partial charge in [-0.2, -0.15) is 0 Å². The van der Waals surface area contributed by atoms with Crippen LogP contribution in [0.5, 0.6) is 5.75 Å². The van der Waals surface area contributed by atoms with Gasteiger partial charge in [0.1, 0.15) is 11.9 Å². The van der Waals surface area contributed by atoms with E-state index in [4.69, 9.17) is 18.9 Å². The first-order valence-electron chi connectivity index (χ1n) is 10.5. The molecule has 0 spiro atoms. The molecule has 0 N–H and O–H groups in total. The summed E-state index contributed by atoms with van der Waals surface area (Å²) >= 11 is 0. The van der Waals surface area contributed by atoms with Gasteiger partial charge in [-0.05, 0) is 30.2 Å². The lowest BCUT2D eigenvalue weighted by molar-refractivity contribution is -0.243. The van der Waals surface area contributed by atoms with Crippen molar-refractivity contribution in [1.29, 1.82) is 0 Å². The average molecular weight is 405 g/mol. The number of para-hydroxylation sites is 1. The lowest BCUT2D eigenvalue weighted by Crippen LogP contribution is -2.50. The van der Waals surface area contributed by atoms with E-state index in [-0.39, 0.29) is 24.6 Å². The molecule has 0 bridgehead atoms. The van der Waals surface area contributed by atoms with Crippen LogP contribution in [0.3, 0.4) is 0 Å². The second-order valence-electron chi connectivity index (χ2n) is 7.53. The fourth-order valence-electron chi connectivity index (χ4n) is 3.68. The van der Waals surface area contributed by atoms with E-state index in [1.165, 1.54) is 0 Å². The van der Waals surface area contributed by atoms with E-state index in [9.17, 15) is 0 Å². The molecule has 0 amide bonds. The number of hydrogen-bond acceptors (Lipinski definition) is 4. The third-order valence-corrected chi connectivity index (χ3v) is 5.22. The maximum atomic E-state index is 6.32. The van der Waals surface area contributed by atoms with E-state index in [0.29, 0.717) is 19.6 Å². The van der Waals surface area contributed by atoms with Crippen molar-refractivity contribution in [3.05, 3.63) is 102 Å². The molecule has 3 aromatic carbocycles. The van der Waals surface area contributed by atoms with Crippen LogP contribution >= 0.6 is 0 Å². The highest BCUT2D eigenvalue weighted by atomic mass is 16.7. The van der Waals surface area contributed by atoms with Crippen molar-refractivity contribution in [3.8, 4) is 5.75 Å². The Bertz CT molecular complexity index is 869. The molecule has 3 aromatic rings. The van der Waals surface area contributed by atoms with Crippen LogP contribution in [0.4, 0.5) is 0 Å². The molecule has 0 radical (unpaired) electrons. The predicted molar refractivity (Wildman–Crippen MR) is 116 cm³/mol. The Hall–Kier alpha value is -2.66. The predicted octanol–water partition coefficient (Wildman–Crippen LogP) is 5.37. The summed E-state index contributed by atoms with van der Waals surface area (Å²) in [5, 5.41) is 0. The second-order valence-corrected chi connectivity index (χ2v) is 7.53. The summed E-state index contributed by atoms with van der Waals surface area (Å²) in [5.41, 5.74) is 2.27. The molecular weight excluding hydrogens is 376 g/mol. The monoisotopic (exact) mass is 404 g/mol. The van der Waals surface area contributed by atoms with E-state index in [2.05, 4.69) is 24.3 Å². The molecule has 1 aliphatic heterocycles. The Morgan fingerprint density at radius 3 is 1.87 bits per heavy atom. The lowest BCUT2D eigenvalue weighted by atomic mass is 10.0. The number of ether oxygens (including phenoxy) is 4. The van der Waals surface area contributed by atoms with Gasteiger partial charge in [0.15, 0.2) is 0 Å². The molecular formula is C26H28O4. The molecule has 0 aliphatic carbocycles. The zero-order valence-corrected chi connectivity index (χ0v) is 17.2. The van der Waals surface area contributed by atoms with E-state index < -0.39 is 0 Å². The van der Waals surface area contributed by atoms with E-state index in [1.807, 2.05) is 73.7 Å². The highest BCUT2D eigenvalue weighted by molar-refractivity contribution is 5.21. The first-order chi connectivity index (χ1) is 14.8. The van der Waals surface area contributed by atoms with Gasteiger partial charge >= 0.3 is 0 Å². The molecule has 1 aliphatic rings. The zero-order chi connectivity index (χ0) is 20.6. The fourth-order valence-corrected chi connectivity index (χ4v) is 3.68. The molecule has 0 saturated carbocycles. The standard InChI is InChI=1S/C26H28O4/c1-20-26(28-19-22-13-7-3-8-14-22)24(27-18-21-11-5-2-6-12-21)17-25(29-20)30-23-15-9-4-10-16-23/h2-16,20,24-26H,17-19H2,1H3/t20?,24?,25-,26+/m1/s1. The Morgan fingerprint density at radius 2 is 1.27 bits per heavy atom. The van der Waals surface area contributed by atoms with Gasteiger partial charge in [0.05, 0.1) is 25.4 Å². The molecule has 4 rings (SSSR count). The summed E-state index contributed by atoms with van der Waals surface area (Å²) < 4.78 is 24.8. The summed E-state index contributed by atoms with van der Waals surface area (Å²) in [7, 11) is 0. The molecule has 4 nitrogen and oxygen atoms in total. The topological polar surface area (TPSA) is 36.9 Å². The summed E-state index contributed by atoms with van der Waals surface area (Å²) in [6.45, 7) is 3.07. The molecule has 1 saturated heterocycles. The van der Waals surface area contributed by atoms with Crippen LogP contribution in [-0.4, -0.2) is 24.6 Å². The SMILES string of the molecule is CC1O[C@H](Oc2ccccc2)CC(OCc2ccccc2)[C@H]1OCc1ccccc1. The van der Waals surface area contributed by atoms with Gasteiger partial charge in [-0.15, -0.1) is 0 Å². The van der Waals surface area contributed by atoms with Crippen LogP contribution in [0.15, 0.2) is 91.0 Å². The van der Waals surface area contributed by atoms with Crippen LogP contribution in [0.1, 0.15) is 24.5 Å². The summed E-state index contributed by atoms with van der Waals surface area (Å²) in [6, 6.07) is 30.1. The van der Waals surface area contributed by atoms with Crippen molar-refractivity contribution in [2.24, 2.45) is 0 Å². The molecule has 4 atom stereocenters. The van der Waals surface area contributed by atoms with Gasteiger partial charge in [0.25, 0.3) is 0 Å². The fraction of sp³-hybridized carbons (Fsp3) is 0.308. The largest absolute Gasteiger partial charge is 0.465 e. The minimum atomic E-state index is -0.375. The Labute approximate surface area is 178 Å². The summed E-state index contributed by atoms with van der Waals surface area (Å²) in [6.07, 6.45) is -0.237. The van der Waals surface area contributed by atoms with Crippen molar-refractivity contribution in [1.82, 2.24) is 0 Å². The van der Waals surface area contributed by atoms with E-state index in [1.54, 1.807) is 0 Å². The van der Waals surface area contributed by atoms with E-state index in [0.717, 1.165) is 16.9 Å². The maximum Gasteiger partial charge on any atom is 0.202 e. The number of benzene rings is 3. The molecule has 30 heavy (non-hydrogen) atoms. The normalized spacial score (nSPS) is 23.8. The summed E-state index contributed by atoms with van der Waals surface area (Å²) in [5.74, 6) is 0.792. The Morgan fingerprint density at radius 1 is 0.733 bits per heavy atom. The smallest absolute Gasteiger partial charge is 0.202 e. The van der Waals surface area contributed by atoms with Gasteiger partial charge in [-0.3, -0.25) is 0 Å². The Kier molecular flexibility index (Phi) is 7.14. The third-order valence-electron chi connectivity index (χ3n) is 5.22. The van der Waals surface area contributed by atoms with Crippen molar-refractivity contribution < 1.29 is 18.9 Å². The van der Waals surface area contributed by atoms with Crippen molar-refractivity contribution >= 4 is 0 Å². The molecule has 1 fully saturated rings. The molecule has 4 heteroatoms. The number of hydrogen-bond donors (Lipinski definition) is 0.